The Kier molecular flexibility index (Phi) is 4.73. The fraction of sp³-hybridized carbons (Fsp3) is 0.0556. The SMILES string of the molecule is O=C(Nc1cc(Cl)ccc1O)c1ccn(Cn2nnc(-c3ccccc3)n2)n1. The first kappa shape index (κ1) is 17.7. The van der Waals surface area contributed by atoms with Gasteiger partial charge in [-0.05, 0) is 29.5 Å². The highest BCUT2D eigenvalue weighted by molar-refractivity contribution is 6.31. The van der Waals surface area contributed by atoms with Gasteiger partial charge in [0.2, 0.25) is 5.82 Å². The standard InChI is InChI=1S/C18H14ClN7O2/c19-13-6-7-16(27)15(10-13)20-18(28)14-8-9-25(22-14)11-26-23-17(21-24-26)12-4-2-1-3-5-12/h1-10,27H,11H2,(H,20,28). The summed E-state index contributed by atoms with van der Waals surface area (Å²) in [6.45, 7) is 0.190. The zero-order valence-electron chi connectivity index (χ0n) is 14.4. The molecule has 2 aromatic heterocycles. The van der Waals surface area contributed by atoms with Gasteiger partial charge in [-0.2, -0.15) is 5.10 Å². The molecule has 0 radical (unpaired) electrons. The molecule has 0 aliphatic rings. The molecule has 0 fully saturated rings. The van der Waals surface area contributed by atoms with Crippen molar-refractivity contribution in [2.75, 3.05) is 5.32 Å². The van der Waals surface area contributed by atoms with Crippen molar-refractivity contribution in [3.8, 4) is 17.1 Å². The number of phenolic OH excluding ortho intramolecular Hbond substituents is 1. The van der Waals surface area contributed by atoms with E-state index >= 15 is 0 Å². The number of amides is 1. The number of carbonyl (C=O) groups is 1. The van der Waals surface area contributed by atoms with Crippen LogP contribution < -0.4 is 5.32 Å². The average Bonchev–Trinajstić information content (AvgIpc) is 3.36. The zero-order valence-corrected chi connectivity index (χ0v) is 15.2. The van der Waals surface area contributed by atoms with Gasteiger partial charge in [0, 0.05) is 16.8 Å². The van der Waals surface area contributed by atoms with Gasteiger partial charge in [0.1, 0.15) is 5.75 Å². The molecule has 0 bridgehead atoms. The molecule has 0 aliphatic heterocycles. The van der Waals surface area contributed by atoms with E-state index in [1.54, 1.807) is 12.3 Å². The van der Waals surface area contributed by atoms with E-state index in [4.69, 9.17) is 11.6 Å². The van der Waals surface area contributed by atoms with Crippen LogP contribution in [-0.2, 0) is 6.67 Å². The van der Waals surface area contributed by atoms with Gasteiger partial charge in [0.15, 0.2) is 12.4 Å². The lowest BCUT2D eigenvalue weighted by atomic mass is 10.2. The third-order valence-electron chi connectivity index (χ3n) is 3.84. The minimum atomic E-state index is -0.479. The predicted molar refractivity (Wildman–Crippen MR) is 102 cm³/mol. The Morgan fingerprint density at radius 2 is 1.93 bits per heavy atom. The van der Waals surface area contributed by atoms with Crippen LogP contribution in [-0.4, -0.2) is 41.0 Å². The molecule has 0 atom stereocenters. The van der Waals surface area contributed by atoms with Crippen LogP contribution in [0.3, 0.4) is 0 Å². The van der Waals surface area contributed by atoms with Crippen LogP contribution >= 0.6 is 11.6 Å². The van der Waals surface area contributed by atoms with E-state index in [1.165, 1.54) is 27.7 Å². The molecule has 4 rings (SSSR count). The van der Waals surface area contributed by atoms with Gasteiger partial charge in [-0.15, -0.1) is 15.0 Å². The van der Waals surface area contributed by atoms with Gasteiger partial charge >= 0.3 is 0 Å². The number of anilines is 1. The highest BCUT2D eigenvalue weighted by Gasteiger charge is 2.13. The summed E-state index contributed by atoms with van der Waals surface area (Å²) in [7, 11) is 0. The topological polar surface area (TPSA) is 111 Å². The van der Waals surface area contributed by atoms with E-state index in [0.29, 0.717) is 10.8 Å². The minimum Gasteiger partial charge on any atom is -0.506 e. The van der Waals surface area contributed by atoms with Crippen molar-refractivity contribution in [2.45, 2.75) is 6.67 Å². The van der Waals surface area contributed by atoms with Crippen molar-refractivity contribution in [2.24, 2.45) is 0 Å². The van der Waals surface area contributed by atoms with E-state index < -0.39 is 5.91 Å². The molecule has 28 heavy (non-hydrogen) atoms. The van der Waals surface area contributed by atoms with E-state index in [2.05, 4.69) is 25.8 Å². The van der Waals surface area contributed by atoms with Crippen molar-refractivity contribution in [1.29, 1.82) is 0 Å². The van der Waals surface area contributed by atoms with Crippen LogP contribution in [0.4, 0.5) is 5.69 Å². The molecular weight excluding hydrogens is 382 g/mol. The summed E-state index contributed by atoms with van der Waals surface area (Å²) < 4.78 is 1.50. The summed E-state index contributed by atoms with van der Waals surface area (Å²) in [6, 6.07) is 15.4. The number of benzene rings is 2. The van der Waals surface area contributed by atoms with Crippen molar-refractivity contribution in [3.63, 3.8) is 0 Å². The summed E-state index contributed by atoms with van der Waals surface area (Å²) in [4.78, 5) is 13.7. The first-order chi connectivity index (χ1) is 13.6. The van der Waals surface area contributed by atoms with Crippen LogP contribution in [0.15, 0.2) is 60.8 Å². The lowest BCUT2D eigenvalue weighted by Gasteiger charge is -2.06. The van der Waals surface area contributed by atoms with Crippen LogP contribution in [0.2, 0.25) is 5.02 Å². The van der Waals surface area contributed by atoms with Gasteiger partial charge in [0.05, 0.1) is 5.69 Å². The normalized spacial score (nSPS) is 10.8. The molecule has 2 N–H and O–H groups in total. The van der Waals surface area contributed by atoms with Crippen LogP contribution in [0.25, 0.3) is 11.4 Å². The lowest BCUT2D eigenvalue weighted by Crippen LogP contribution is -2.15. The molecule has 0 spiro atoms. The highest BCUT2D eigenvalue weighted by atomic mass is 35.5. The summed E-state index contributed by atoms with van der Waals surface area (Å²) in [6.07, 6.45) is 1.62. The maximum atomic E-state index is 12.3. The smallest absolute Gasteiger partial charge is 0.276 e. The van der Waals surface area contributed by atoms with Crippen molar-refractivity contribution in [3.05, 3.63) is 71.5 Å². The number of hydrogen-bond acceptors (Lipinski definition) is 6. The maximum Gasteiger partial charge on any atom is 0.276 e. The Hall–Kier alpha value is -3.72. The number of aromatic hydroxyl groups is 1. The predicted octanol–water partition coefficient (Wildman–Crippen LogP) is 2.65. The molecule has 2 aromatic carbocycles. The lowest BCUT2D eigenvalue weighted by molar-refractivity contribution is 0.102. The van der Waals surface area contributed by atoms with Gasteiger partial charge in [-0.25, -0.2) is 4.68 Å². The average molecular weight is 396 g/mol. The molecule has 0 saturated carbocycles. The number of carbonyl (C=O) groups excluding carboxylic acids is 1. The zero-order chi connectivity index (χ0) is 19.5. The minimum absolute atomic E-state index is 0.0857. The molecule has 140 valence electrons. The van der Waals surface area contributed by atoms with Gasteiger partial charge in [-0.1, -0.05) is 41.9 Å². The second-order valence-corrected chi connectivity index (χ2v) is 6.29. The number of hydrogen-bond donors (Lipinski definition) is 2. The molecule has 2 heterocycles. The number of tetrazole rings is 1. The Morgan fingerprint density at radius 1 is 1.11 bits per heavy atom. The summed E-state index contributed by atoms with van der Waals surface area (Å²) in [5, 5.41) is 29.3. The molecular formula is C18H14ClN7O2. The molecule has 4 aromatic rings. The fourth-order valence-corrected chi connectivity index (χ4v) is 2.66. The molecule has 0 unspecified atom stereocenters. The van der Waals surface area contributed by atoms with Gasteiger partial charge in [0.25, 0.3) is 5.91 Å². The van der Waals surface area contributed by atoms with Crippen molar-refractivity contribution >= 4 is 23.2 Å². The Labute approximate surface area is 164 Å². The first-order valence-corrected chi connectivity index (χ1v) is 8.63. The van der Waals surface area contributed by atoms with Gasteiger partial charge in [-0.3, -0.25) is 4.79 Å². The molecule has 0 saturated heterocycles. The number of rotatable bonds is 5. The van der Waals surface area contributed by atoms with Crippen molar-refractivity contribution in [1.82, 2.24) is 30.0 Å². The Balaban J connectivity index is 1.45. The molecule has 1 amide bonds. The third-order valence-corrected chi connectivity index (χ3v) is 4.07. The largest absolute Gasteiger partial charge is 0.506 e. The van der Waals surface area contributed by atoms with Crippen LogP contribution in [0.5, 0.6) is 5.75 Å². The number of phenols is 1. The van der Waals surface area contributed by atoms with E-state index in [1.807, 2.05) is 30.3 Å². The number of halogens is 1. The summed E-state index contributed by atoms with van der Waals surface area (Å²) in [5.74, 6) is -0.0626. The summed E-state index contributed by atoms with van der Waals surface area (Å²) >= 11 is 5.88. The molecule has 0 aliphatic carbocycles. The second kappa shape index (κ2) is 7.49. The third kappa shape index (κ3) is 3.84. The van der Waals surface area contributed by atoms with Gasteiger partial charge < -0.3 is 10.4 Å². The number of aromatic nitrogens is 6. The van der Waals surface area contributed by atoms with E-state index in [9.17, 15) is 9.90 Å². The summed E-state index contributed by atoms with van der Waals surface area (Å²) in [5.41, 5.74) is 1.23. The highest BCUT2D eigenvalue weighted by Crippen LogP contribution is 2.26. The fourth-order valence-electron chi connectivity index (χ4n) is 2.49. The quantitative estimate of drug-likeness (QED) is 0.502. The molecule has 10 heteroatoms. The Morgan fingerprint density at radius 3 is 2.75 bits per heavy atom. The molecule has 9 nitrogen and oxygen atoms in total. The second-order valence-electron chi connectivity index (χ2n) is 5.85. The van der Waals surface area contributed by atoms with Crippen LogP contribution in [0, 0.1) is 0 Å². The van der Waals surface area contributed by atoms with E-state index in [-0.39, 0.29) is 23.8 Å². The first-order valence-electron chi connectivity index (χ1n) is 8.25. The van der Waals surface area contributed by atoms with E-state index in [0.717, 1.165) is 5.56 Å². The number of nitrogens with zero attached hydrogens (tertiary/aromatic N) is 6. The Bertz CT molecular complexity index is 1120. The number of nitrogens with one attached hydrogen (secondary N) is 1. The monoisotopic (exact) mass is 395 g/mol. The van der Waals surface area contributed by atoms with Crippen molar-refractivity contribution < 1.29 is 9.90 Å². The van der Waals surface area contributed by atoms with Crippen LogP contribution in [0.1, 0.15) is 10.5 Å². The maximum absolute atomic E-state index is 12.3.